The van der Waals surface area contributed by atoms with Gasteiger partial charge in [0.2, 0.25) is 0 Å². The van der Waals surface area contributed by atoms with Crippen LogP contribution in [0.1, 0.15) is 1.43 Å². The van der Waals surface area contributed by atoms with Crippen molar-refractivity contribution < 1.29 is 75.9 Å². The maximum atomic E-state index is 0. The van der Waals surface area contributed by atoms with Gasteiger partial charge >= 0.3 is 18.9 Å². The van der Waals surface area contributed by atoms with Gasteiger partial charge in [0, 0.05) is 55.7 Å². The van der Waals surface area contributed by atoms with Crippen LogP contribution in [0.2, 0.25) is 0 Å². The van der Waals surface area contributed by atoms with Crippen LogP contribution >= 0.6 is 0 Å². The number of hydrogen-bond donors (Lipinski definition) is 0. The number of rotatable bonds is 0. The Labute approximate surface area is 92.0 Å². The second kappa shape index (κ2) is 28.7. The molecule has 0 aromatic rings. The molecule has 32 valence electrons. The van der Waals surface area contributed by atoms with E-state index in [0.717, 1.165) is 0 Å². The molecule has 0 rings (SSSR count). The van der Waals surface area contributed by atoms with Crippen molar-refractivity contribution in [2.45, 2.75) is 0 Å². The van der Waals surface area contributed by atoms with Crippen LogP contribution in [0.15, 0.2) is 0 Å². The summed E-state index contributed by atoms with van der Waals surface area (Å²) >= 11 is 0. The predicted molar refractivity (Wildman–Crippen MR) is 11.1 cm³/mol. The van der Waals surface area contributed by atoms with E-state index in [4.69, 9.17) is 0 Å². The first-order chi connectivity index (χ1) is 0. The van der Waals surface area contributed by atoms with Crippen molar-refractivity contribution >= 4 is 17.4 Å². The van der Waals surface area contributed by atoms with Gasteiger partial charge in [-0.05, 0) is 0 Å². The molecular weight excluding hydrogens is 244 g/mol. The van der Waals surface area contributed by atoms with Gasteiger partial charge in [-0.1, -0.05) is 0 Å². The molecule has 0 nitrogen and oxygen atoms in total. The van der Waals surface area contributed by atoms with Crippen molar-refractivity contribution in [3.05, 3.63) is 0 Å². The summed E-state index contributed by atoms with van der Waals surface area (Å²) < 4.78 is 0. The third kappa shape index (κ3) is 19.8. The fraction of sp³-hybridized carbons (Fsp3) is 0. The summed E-state index contributed by atoms with van der Waals surface area (Å²) in [4.78, 5) is 0. The smallest absolute Gasteiger partial charge is 1.00 e. The van der Waals surface area contributed by atoms with Crippen LogP contribution in [-0.2, 0) is 55.7 Å². The predicted octanol–water partition coefficient (Wildman–Crippen LogP) is -4.07. The van der Waals surface area contributed by atoms with Crippen LogP contribution in [0, 0.1) is 0 Å². The van der Waals surface area contributed by atoms with E-state index in [9.17, 15) is 0 Å². The zero-order valence-corrected chi connectivity index (χ0v) is 6.32. The molecule has 2 radical (unpaired) electrons. The minimum Gasteiger partial charge on any atom is -1.00 e. The van der Waals surface area contributed by atoms with E-state index < -0.39 is 0 Å². The zero-order valence-electron chi connectivity index (χ0n) is 3.10. The van der Waals surface area contributed by atoms with Gasteiger partial charge in [0.05, 0.1) is 0 Å². The first kappa shape index (κ1) is 45.1. The molecule has 0 saturated carbocycles. The van der Waals surface area contributed by atoms with Gasteiger partial charge in [0.25, 0.3) is 0 Å². The van der Waals surface area contributed by atoms with E-state index in [1.54, 1.807) is 0 Å². The van der Waals surface area contributed by atoms with Crippen LogP contribution in [0.5, 0.6) is 0 Å². The average molecular weight is 248 g/mol. The maximum Gasteiger partial charge on any atom is 1.00 e. The maximum absolute atomic E-state index is 0. The van der Waals surface area contributed by atoms with E-state index in [1.165, 1.54) is 0 Å². The monoisotopic (exact) mass is 248 g/mol. The van der Waals surface area contributed by atoms with Crippen molar-refractivity contribution in [3.8, 4) is 0 Å². The topological polar surface area (TPSA) is 0 Å². The van der Waals surface area contributed by atoms with Crippen molar-refractivity contribution in [1.29, 1.82) is 0 Å². The van der Waals surface area contributed by atoms with Gasteiger partial charge in [0.1, 0.15) is 0 Å². The normalized spacial score (nSPS) is 0. The molecular formula is H4AlCoLiNbNi. The molecule has 0 aliphatic carbocycles. The molecule has 5 heavy (non-hydrogen) atoms. The quantitative estimate of drug-likeness (QED) is 0.383. The Balaban J connectivity index is 0. The van der Waals surface area contributed by atoms with Crippen molar-refractivity contribution in [2.24, 2.45) is 0 Å². The number of hydrogen-bond acceptors (Lipinski definition) is 0. The zero-order chi connectivity index (χ0) is 0. The summed E-state index contributed by atoms with van der Waals surface area (Å²) in [6, 6.07) is 0. The minimum atomic E-state index is 0. The molecule has 0 aliphatic rings. The standard InChI is InChI=1S/Al.Co.Li.Nb.Ni.4H/q;;+1;;;;;;-1. The Morgan fingerprint density at radius 1 is 1.20 bits per heavy atom. The van der Waals surface area contributed by atoms with Gasteiger partial charge in [-0.3, -0.25) is 0 Å². The molecule has 0 atom stereocenters. The second-order valence-corrected chi connectivity index (χ2v) is 0. The van der Waals surface area contributed by atoms with Gasteiger partial charge in [-0.2, -0.15) is 0 Å². The first-order valence-corrected chi connectivity index (χ1v) is 0. The fourth-order valence-corrected chi connectivity index (χ4v) is 0. The molecule has 0 fully saturated rings. The summed E-state index contributed by atoms with van der Waals surface area (Å²) in [5.74, 6) is 0. The SMILES string of the molecule is [AlH3].[Co].[H-].[Li+].[Nb].[Ni]. The first-order valence-electron chi connectivity index (χ1n) is 0. The van der Waals surface area contributed by atoms with E-state index in [1.807, 2.05) is 0 Å². The summed E-state index contributed by atoms with van der Waals surface area (Å²) in [5, 5.41) is 0. The Morgan fingerprint density at radius 3 is 1.20 bits per heavy atom. The largest absolute Gasteiger partial charge is 1.00 e. The van der Waals surface area contributed by atoms with Gasteiger partial charge in [-0.15, -0.1) is 0 Å². The van der Waals surface area contributed by atoms with Crippen molar-refractivity contribution in [1.82, 2.24) is 0 Å². The van der Waals surface area contributed by atoms with Crippen LogP contribution in [-0.4, -0.2) is 17.4 Å². The third-order valence-electron chi connectivity index (χ3n) is 0. The van der Waals surface area contributed by atoms with Crippen LogP contribution in [0.25, 0.3) is 0 Å². The Kier molecular flexibility index (Phi) is 259. The van der Waals surface area contributed by atoms with E-state index in [0.29, 0.717) is 0 Å². The summed E-state index contributed by atoms with van der Waals surface area (Å²) in [5.41, 5.74) is 0. The van der Waals surface area contributed by atoms with Crippen molar-refractivity contribution in [2.75, 3.05) is 0 Å². The minimum absolute atomic E-state index is 0. The summed E-state index contributed by atoms with van der Waals surface area (Å²) in [6.07, 6.45) is 0. The molecule has 0 N–H and O–H groups in total. The molecule has 0 heterocycles. The molecule has 0 unspecified atom stereocenters. The Hall–Kier alpha value is 2.87. The molecule has 0 spiro atoms. The van der Waals surface area contributed by atoms with E-state index in [-0.39, 0.29) is 93.3 Å². The van der Waals surface area contributed by atoms with Crippen LogP contribution < -0.4 is 18.9 Å². The van der Waals surface area contributed by atoms with Crippen LogP contribution in [0.3, 0.4) is 0 Å². The molecule has 0 aliphatic heterocycles. The van der Waals surface area contributed by atoms with Gasteiger partial charge < -0.3 is 1.43 Å². The molecule has 0 saturated heterocycles. The second-order valence-electron chi connectivity index (χ2n) is 0. The van der Waals surface area contributed by atoms with Crippen molar-refractivity contribution in [3.63, 3.8) is 0 Å². The van der Waals surface area contributed by atoms with Crippen LogP contribution in [0.4, 0.5) is 0 Å². The molecule has 0 bridgehead atoms. The molecule has 5 heteroatoms. The Bertz CT molecular complexity index is 15.5. The van der Waals surface area contributed by atoms with E-state index >= 15 is 0 Å². The summed E-state index contributed by atoms with van der Waals surface area (Å²) in [7, 11) is 0. The van der Waals surface area contributed by atoms with Gasteiger partial charge in [-0.25, -0.2) is 0 Å². The summed E-state index contributed by atoms with van der Waals surface area (Å²) in [6.45, 7) is 0. The Morgan fingerprint density at radius 2 is 1.20 bits per heavy atom. The molecule has 0 aromatic heterocycles. The molecule has 0 amide bonds. The average Bonchev–Trinajstić information content (AvgIpc) is 0. The third-order valence-corrected chi connectivity index (χ3v) is 0. The van der Waals surface area contributed by atoms with Gasteiger partial charge in [0.15, 0.2) is 17.4 Å². The van der Waals surface area contributed by atoms with E-state index in [2.05, 4.69) is 0 Å². The fourth-order valence-electron chi connectivity index (χ4n) is 0. The molecule has 0 aromatic carbocycles.